The molecule has 1 amide bonds. The molecule has 0 bridgehead atoms. The first-order valence-electron chi connectivity index (χ1n) is 9.04. The van der Waals surface area contributed by atoms with Crippen LogP contribution in [0.3, 0.4) is 0 Å². The third-order valence-corrected chi connectivity index (χ3v) is 4.60. The summed E-state index contributed by atoms with van der Waals surface area (Å²) in [6.45, 7) is 1.63. The number of hydrogen-bond acceptors (Lipinski definition) is 3. The second-order valence-electron chi connectivity index (χ2n) is 6.58. The van der Waals surface area contributed by atoms with Crippen molar-refractivity contribution in [2.45, 2.75) is 19.3 Å². The monoisotopic (exact) mass is 359 g/mol. The third kappa shape index (κ3) is 4.29. The minimum atomic E-state index is -0.270. The summed E-state index contributed by atoms with van der Waals surface area (Å²) >= 11 is 0. The molecule has 1 fully saturated rings. The Bertz CT molecular complexity index is 879. The highest BCUT2D eigenvalue weighted by molar-refractivity contribution is 5.70. The molecule has 1 aliphatic heterocycles. The molecule has 0 aromatic heterocycles. The van der Waals surface area contributed by atoms with Gasteiger partial charge >= 0.3 is 6.09 Å². The minimum Gasteiger partial charge on any atom is -0.489 e. The number of hydrogen-bond donors (Lipinski definition) is 0. The molecule has 1 atom stereocenters. The van der Waals surface area contributed by atoms with Gasteiger partial charge < -0.3 is 9.47 Å². The molecule has 4 rings (SSSR count). The molecule has 1 saturated heterocycles. The van der Waals surface area contributed by atoms with Crippen molar-refractivity contribution >= 4 is 6.09 Å². The van der Waals surface area contributed by atoms with Gasteiger partial charge in [0.25, 0.3) is 0 Å². The van der Waals surface area contributed by atoms with Gasteiger partial charge in [-0.05, 0) is 28.8 Å². The van der Waals surface area contributed by atoms with E-state index in [1.807, 2.05) is 84.9 Å². The SMILES string of the molecule is O=C1O[C@H](c2ccccc2)CN1Cc1ccc(OCc2ccccc2)cc1. The first kappa shape index (κ1) is 17.2. The summed E-state index contributed by atoms with van der Waals surface area (Å²) in [5, 5.41) is 0. The van der Waals surface area contributed by atoms with Crippen molar-refractivity contribution in [3.8, 4) is 5.75 Å². The van der Waals surface area contributed by atoms with Crippen LogP contribution >= 0.6 is 0 Å². The van der Waals surface area contributed by atoms with Gasteiger partial charge in [0.05, 0.1) is 6.54 Å². The number of rotatable bonds is 6. The number of ether oxygens (including phenoxy) is 2. The molecule has 27 heavy (non-hydrogen) atoms. The summed E-state index contributed by atoms with van der Waals surface area (Å²) in [5.74, 6) is 0.814. The summed E-state index contributed by atoms with van der Waals surface area (Å²) < 4.78 is 11.3. The average molecular weight is 359 g/mol. The van der Waals surface area contributed by atoms with E-state index in [-0.39, 0.29) is 12.2 Å². The lowest BCUT2D eigenvalue weighted by molar-refractivity contribution is 0.132. The number of benzene rings is 3. The molecule has 136 valence electrons. The second kappa shape index (κ2) is 7.96. The van der Waals surface area contributed by atoms with E-state index in [0.717, 1.165) is 22.4 Å². The first-order chi connectivity index (χ1) is 13.3. The Morgan fingerprint density at radius 1 is 0.852 bits per heavy atom. The highest BCUT2D eigenvalue weighted by atomic mass is 16.6. The number of carbonyl (C=O) groups excluding carboxylic acids is 1. The van der Waals surface area contributed by atoms with Crippen molar-refractivity contribution in [3.05, 3.63) is 102 Å². The highest BCUT2D eigenvalue weighted by Gasteiger charge is 2.32. The third-order valence-electron chi connectivity index (χ3n) is 4.60. The molecule has 0 N–H and O–H groups in total. The van der Waals surface area contributed by atoms with Gasteiger partial charge in [-0.15, -0.1) is 0 Å². The van der Waals surface area contributed by atoms with Crippen molar-refractivity contribution in [3.63, 3.8) is 0 Å². The molecule has 4 nitrogen and oxygen atoms in total. The summed E-state index contributed by atoms with van der Waals surface area (Å²) in [6.07, 6.45) is -0.472. The Morgan fingerprint density at radius 2 is 1.52 bits per heavy atom. The van der Waals surface area contributed by atoms with Crippen molar-refractivity contribution in [2.75, 3.05) is 6.54 Å². The second-order valence-corrected chi connectivity index (χ2v) is 6.58. The van der Waals surface area contributed by atoms with Gasteiger partial charge in [-0.3, -0.25) is 4.90 Å². The molecule has 1 aliphatic rings. The Kier molecular flexibility index (Phi) is 5.06. The molecular weight excluding hydrogens is 338 g/mol. The van der Waals surface area contributed by atoms with E-state index in [0.29, 0.717) is 19.7 Å². The summed E-state index contributed by atoms with van der Waals surface area (Å²) in [5.41, 5.74) is 3.21. The van der Waals surface area contributed by atoms with Gasteiger partial charge in [0.1, 0.15) is 18.5 Å². The van der Waals surface area contributed by atoms with Gasteiger partial charge in [-0.25, -0.2) is 4.79 Å². The maximum Gasteiger partial charge on any atom is 0.410 e. The Morgan fingerprint density at radius 3 is 2.22 bits per heavy atom. The number of carbonyl (C=O) groups is 1. The van der Waals surface area contributed by atoms with Gasteiger partial charge in [-0.1, -0.05) is 72.8 Å². The summed E-state index contributed by atoms with van der Waals surface area (Å²) in [4.78, 5) is 13.9. The van der Waals surface area contributed by atoms with E-state index in [1.54, 1.807) is 4.90 Å². The van der Waals surface area contributed by atoms with Crippen molar-refractivity contribution in [1.82, 2.24) is 4.90 Å². The molecule has 3 aromatic carbocycles. The van der Waals surface area contributed by atoms with Crippen LogP contribution in [0, 0.1) is 0 Å². The fraction of sp³-hybridized carbons (Fsp3) is 0.174. The molecule has 4 heteroatoms. The van der Waals surface area contributed by atoms with Gasteiger partial charge in [0.15, 0.2) is 0 Å². The van der Waals surface area contributed by atoms with Crippen molar-refractivity contribution in [2.24, 2.45) is 0 Å². The lowest BCUT2D eigenvalue weighted by Gasteiger charge is -2.13. The lowest BCUT2D eigenvalue weighted by Crippen LogP contribution is -2.23. The van der Waals surface area contributed by atoms with Gasteiger partial charge in [0, 0.05) is 6.54 Å². The molecule has 0 spiro atoms. The Labute approximate surface area is 159 Å². The predicted octanol–water partition coefficient (Wildman–Crippen LogP) is 4.96. The van der Waals surface area contributed by atoms with Gasteiger partial charge in [0.2, 0.25) is 0 Å². The number of nitrogens with zero attached hydrogens (tertiary/aromatic N) is 1. The van der Waals surface area contributed by atoms with Crippen LogP contribution in [0.2, 0.25) is 0 Å². The number of cyclic esters (lactones) is 1. The topological polar surface area (TPSA) is 38.8 Å². The summed E-state index contributed by atoms with van der Waals surface area (Å²) in [6, 6.07) is 27.8. The summed E-state index contributed by atoms with van der Waals surface area (Å²) in [7, 11) is 0. The fourth-order valence-corrected chi connectivity index (χ4v) is 3.13. The maximum absolute atomic E-state index is 12.2. The standard InChI is InChI=1S/C23H21NO3/c25-23-24(16-22(27-23)20-9-5-2-6-10-20)15-18-11-13-21(14-12-18)26-17-19-7-3-1-4-8-19/h1-14,22H,15-17H2/t22-/m0/s1. The van der Waals surface area contributed by atoms with E-state index >= 15 is 0 Å². The molecular formula is C23H21NO3. The van der Waals surface area contributed by atoms with E-state index < -0.39 is 0 Å². The largest absolute Gasteiger partial charge is 0.489 e. The van der Waals surface area contributed by atoms with Crippen LogP contribution in [0.1, 0.15) is 22.8 Å². The molecule has 0 unspecified atom stereocenters. The number of amides is 1. The lowest BCUT2D eigenvalue weighted by atomic mass is 10.1. The quantitative estimate of drug-likeness (QED) is 0.624. The zero-order valence-corrected chi connectivity index (χ0v) is 15.0. The predicted molar refractivity (Wildman–Crippen MR) is 103 cm³/mol. The van der Waals surface area contributed by atoms with Crippen LogP contribution in [-0.4, -0.2) is 17.5 Å². The normalized spacial score (nSPS) is 16.2. The smallest absolute Gasteiger partial charge is 0.410 e. The Balaban J connectivity index is 1.34. The van der Waals surface area contributed by atoms with Crippen molar-refractivity contribution < 1.29 is 14.3 Å². The van der Waals surface area contributed by atoms with E-state index in [2.05, 4.69) is 0 Å². The van der Waals surface area contributed by atoms with Crippen LogP contribution in [-0.2, 0) is 17.9 Å². The minimum absolute atomic E-state index is 0.202. The zero-order valence-electron chi connectivity index (χ0n) is 15.0. The molecule has 1 heterocycles. The van der Waals surface area contributed by atoms with Crippen LogP contribution in [0.4, 0.5) is 4.79 Å². The zero-order chi connectivity index (χ0) is 18.5. The van der Waals surface area contributed by atoms with E-state index in [9.17, 15) is 4.79 Å². The molecule has 0 saturated carbocycles. The fourth-order valence-electron chi connectivity index (χ4n) is 3.13. The Hall–Kier alpha value is -3.27. The average Bonchev–Trinajstić information content (AvgIpc) is 3.09. The molecule has 0 radical (unpaired) electrons. The van der Waals surface area contributed by atoms with Crippen LogP contribution < -0.4 is 4.74 Å². The van der Waals surface area contributed by atoms with E-state index in [1.165, 1.54) is 0 Å². The maximum atomic E-state index is 12.2. The van der Waals surface area contributed by atoms with E-state index in [4.69, 9.17) is 9.47 Å². The van der Waals surface area contributed by atoms with Gasteiger partial charge in [-0.2, -0.15) is 0 Å². The molecule has 3 aromatic rings. The first-order valence-corrected chi connectivity index (χ1v) is 9.04. The van der Waals surface area contributed by atoms with Crippen LogP contribution in [0.5, 0.6) is 5.75 Å². The molecule has 0 aliphatic carbocycles. The van der Waals surface area contributed by atoms with Crippen LogP contribution in [0.25, 0.3) is 0 Å². The highest BCUT2D eigenvalue weighted by Crippen LogP contribution is 2.27. The van der Waals surface area contributed by atoms with Crippen LogP contribution in [0.15, 0.2) is 84.9 Å². The van der Waals surface area contributed by atoms with Crippen molar-refractivity contribution in [1.29, 1.82) is 0 Å².